The minimum atomic E-state index is 0.236. The second-order valence-corrected chi connectivity index (χ2v) is 16.3. The molecule has 0 aromatic carbocycles. The van der Waals surface area contributed by atoms with E-state index in [2.05, 4.69) is 28.1 Å². The summed E-state index contributed by atoms with van der Waals surface area (Å²) in [6.07, 6.45) is 42.4. The van der Waals surface area contributed by atoms with Crippen LogP contribution >= 0.6 is 8.81 Å². The van der Waals surface area contributed by atoms with Crippen LogP contribution in [0.2, 0.25) is 0 Å². The van der Waals surface area contributed by atoms with Gasteiger partial charge in [0.05, 0.1) is 34.3 Å². The SMILES string of the molecule is CCCCCCCCCCCCCCCC(=O)CCCCCCCCCCCCCCCCCCCC(=O)[P-]OCC[N+](C)(C)C. The van der Waals surface area contributed by atoms with Crippen molar-refractivity contribution in [3.63, 3.8) is 0 Å². The molecule has 0 spiro atoms. The van der Waals surface area contributed by atoms with Gasteiger partial charge in [-0.1, -0.05) is 180 Å². The molecule has 0 saturated carbocycles. The van der Waals surface area contributed by atoms with Gasteiger partial charge in [-0.2, -0.15) is 0 Å². The van der Waals surface area contributed by atoms with E-state index in [-0.39, 0.29) is 5.52 Å². The molecule has 0 saturated heterocycles. The van der Waals surface area contributed by atoms with Crippen LogP contribution in [0.15, 0.2) is 0 Å². The van der Waals surface area contributed by atoms with Gasteiger partial charge in [0, 0.05) is 18.4 Å². The van der Waals surface area contributed by atoms with Crippen molar-refractivity contribution in [1.29, 1.82) is 0 Å². The first kappa shape index (κ1) is 45.7. The lowest BCUT2D eigenvalue weighted by Gasteiger charge is -2.26. The van der Waals surface area contributed by atoms with Crippen LogP contribution in [-0.2, 0) is 14.1 Å². The van der Waals surface area contributed by atoms with Crippen molar-refractivity contribution in [2.75, 3.05) is 34.3 Å². The lowest BCUT2D eigenvalue weighted by atomic mass is 10.0. The zero-order valence-corrected chi connectivity index (χ0v) is 32.8. The molecular formula is C41H82NO3P. The summed E-state index contributed by atoms with van der Waals surface area (Å²) in [6.45, 7) is 3.88. The Morgan fingerprint density at radius 2 is 0.717 bits per heavy atom. The Hall–Kier alpha value is -0.310. The van der Waals surface area contributed by atoms with Gasteiger partial charge in [-0.25, -0.2) is 0 Å². The van der Waals surface area contributed by atoms with Crippen LogP contribution in [0.3, 0.4) is 0 Å². The third-order valence-electron chi connectivity index (χ3n) is 9.43. The van der Waals surface area contributed by atoms with Crippen LogP contribution in [-0.4, -0.2) is 50.1 Å². The van der Waals surface area contributed by atoms with Gasteiger partial charge in [-0.3, -0.25) is 4.79 Å². The molecule has 0 aliphatic heterocycles. The summed E-state index contributed by atoms with van der Waals surface area (Å²) in [5, 5.41) is 0. The number of rotatable bonds is 39. The second-order valence-electron chi connectivity index (χ2n) is 15.4. The maximum atomic E-state index is 12.2. The van der Waals surface area contributed by atoms with E-state index in [1.165, 1.54) is 173 Å². The fraction of sp³-hybridized carbons (Fsp3) is 0.951. The Kier molecular flexibility index (Phi) is 35.7. The molecule has 0 aliphatic carbocycles. The molecule has 0 heterocycles. The van der Waals surface area contributed by atoms with Crippen molar-refractivity contribution in [2.24, 2.45) is 0 Å². The van der Waals surface area contributed by atoms with Crippen LogP contribution in [0.4, 0.5) is 0 Å². The molecule has 0 aromatic heterocycles. The number of quaternary nitrogens is 1. The van der Waals surface area contributed by atoms with Gasteiger partial charge < -0.3 is 22.6 Å². The molecule has 0 atom stereocenters. The first-order chi connectivity index (χ1) is 22.3. The lowest BCUT2D eigenvalue weighted by Crippen LogP contribution is -2.37. The zero-order chi connectivity index (χ0) is 33.8. The quantitative estimate of drug-likeness (QED) is 0.0372. The molecule has 0 amide bonds. The molecule has 0 rings (SSSR count). The van der Waals surface area contributed by atoms with Crippen molar-refractivity contribution < 1.29 is 18.6 Å². The normalized spacial score (nSPS) is 12.1. The number of carbonyl (C=O) groups excluding carboxylic acids is 2. The van der Waals surface area contributed by atoms with E-state index in [0.717, 1.165) is 43.1 Å². The number of hydrogen-bond acceptors (Lipinski definition) is 3. The average Bonchev–Trinajstić information content (AvgIpc) is 3.02. The third-order valence-corrected chi connectivity index (χ3v) is 10.2. The second kappa shape index (κ2) is 36.0. The largest absolute Gasteiger partial charge is 0.546 e. The van der Waals surface area contributed by atoms with E-state index in [1.807, 2.05) is 0 Å². The predicted molar refractivity (Wildman–Crippen MR) is 204 cm³/mol. The number of hydrogen-bond donors (Lipinski definition) is 0. The average molecular weight is 668 g/mol. The van der Waals surface area contributed by atoms with Gasteiger partial charge >= 0.3 is 0 Å². The van der Waals surface area contributed by atoms with Crippen molar-refractivity contribution in [3.8, 4) is 0 Å². The highest BCUT2D eigenvalue weighted by molar-refractivity contribution is 7.53. The smallest absolute Gasteiger partial charge is 0.132 e. The standard InChI is InChI=1S/C41H82NO3P/c1-5-6-7-8-9-10-11-17-20-23-26-29-32-35-40(43)36-33-30-27-24-21-18-15-13-12-14-16-19-22-25-28-31-34-37-41(44)46-45-39-38-42(2,3)4/h5-39H2,1-4H3. The maximum absolute atomic E-state index is 12.2. The van der Waals surface area contributed by atoms with Crippen LogP contribution in [0, 0.1) is 0 Å². The van der Waals surface area contributed by atoms with Gasteiger partial charge in [0.1, 0.15) is 5.78 Å². The van der Waals surface area contributed by atoms with Crippen molar-refractivity contribution in [3.05, 3.63) is 0 Å². The van der Waals surface area contributed by atoms with Crippen molar-refractivity contribution in [2.45, 2.75) is 219 Å². The van der Waals surface area contributed by atoms with E-state index in [0.29, 0.717) is 27.6 Å². The number of ketones is 1. The first-order valence-electron chi connectivity index (χ1n) is 20.5. The summed E-state index contributed by atoms with van der Waals surface area (Å²) in [5.41, 5.74) is 0.236. The molecule has 0 unspecified atom stereocenters. The highest BCUT2D eigenvalue weighted by Gasteiger charge is 2.04. The molecule has 0 bridgehead atoms. The van der Waals surface area contributed by atoms with Gasteiger partial charge in [0.2, 0.25) is 0 Å². The Morgan fingerprint density at radius 1 is 0.435 bits per heavy atom. The third kappa shape index (κ3) is 39.9. The topological polar surface area (TPSA) is 43.4 Å². The number of nitrogens with zero attached hydrogens (tertiary/aromatic N) is 1. The number of Topliss-reactive ketones (excluding diaryl/α,β-unsaturated/α-hetero) is 1. The molecule has 274 valence electrons. The van der Waals surface area contributed by atoms with Crippen LogP contribution in [0.25, 0.3) is 0 Å². The summed E-state index contributed by atoms with van der Waals surface area (Å²) in [6, 6.07) is 0. The molecule has 0 aromatic rings. The monoisotopic (exact) mass is 668 g/mol. The Bertz CT molecular complexity index is 648. The van der Waals surface area contributed by atoms with Crippen LogP contribution < -0.4 is 0 Å². The van der Waals surface area contributed by atoms with E-state index in [1.54, 1.807) is 0 Å². The van der Waals surface area contributed by atoms with E-state index < -0.39 is 0 Å². The number of likely N-dealkylation sites (N-methyl/N-ethyl adjacent to an activating group) is 1. The van der Waals surface area contributed by atoms with E-state index >= 15 is 0 Å². The summed E-state index contributed by atoms with van der Waals surface area (Å²) in [5.74, 6) is 0.513. The zero-order valence-electron chi connectivity index (χ0n) is 31.9. The molecule has 0 aliphatic rings. The fourth-order valence-electron chi connectivity index (χ4n) is 6.19. The maximum Gasteiger partial charge on any atom is 0.132 e. The van der Waals surface area contributed by atoms with E-state index in [9.17, 15) is 9.59 Å². The highest BCUT2D eigenvalue weighted by atomic mass is 31.1. The predicted octanol–water partition coefficient (Wildman–Crippen LogP) is 13.6. The minimum Gasteiger partial charge on any atom is -0.546 e. The molecule has 0 radical (unpaired) electrons. The van der Waals surface area contributed by atoms with E-state index in [4.69, 9.17) is 4.52 Å². The van der Waals surface area contributed by atoms with Crippen LogP contribution in [0.5, 0.6) is 0 Å². The molecule has 0 N–H and O–H groups in total. The van der Waals surface area contributed by atoms with Gasteiger partial charge in [0.25, 0.3) is 0 Å². The lowest BCUT2D eigenvalue weighted by molar-refractivity contribution is -0.870. The summed E-state index contributed by atoms with van der Waals surface area (Å²) < 4.78 is 6.36. The molecule has 4 nitrogen and oxygen atoms in total. The Morgan fingerprint density at radius 3 is 1.02 bits per heavy atom. The molecule has 46 heavy (non-hydrogen) atoms. The summed E-state index contributed by atoms with van der Waals surface area (Å²) in [4.78, 5) is 24.1. The summed E-state index contributed by atoms with van der Waals surface area (Å²) >= 11 is 0. The van der Waals surface area contributed by atoms with Gasteiger partial charge in [-0.15, -0.1) is 0 Å². The Balaban J connectivity index is 3.20. The van der Waals surface area contributed by atoms with Crippen molar-refractivity contribution >= 4 is 20.1 Å². The minimum absolute atomic E-state index is 0.236. The Labute approximate surface area is 291 Å². The summed E-state index contributed by atoms with van der Waals surface area (Å²) in [7, 11) is 6.97. The number of unbranched alkanes of at least 4 members (excludes halogenated alkanes) is 28. The van der Waals surface area contributed by atoms with Gasteiger partial charge in [-0.05, 0) is 25.7 Å². The van der Waals surface area contributed by atoms with Crippen LogP contribution in [0.1, 0.15) is 219 Å². The van der Waals surface area contributed by atoms with Gasteiger partial charge in [0.15, 0.2) is 0 Å². The molecular weight excluding hydrogens is 585 g/mol. The highest BCUT2D eigenvalue weighted by Crippen LogP contribution is 2.20. The fourth-order valence-corrected chi connectivity index (χ4v) is 6.76. The van der Waals surface area contributed by atoms with Crippen molar-refractivity contribution in [1.82, 2.24) is 0 Å². The molecule has 0 fully saturated rings. The number of carbonyl (C=O) groups is 2. The molecule has 5 heteroatoms. The first-order valence-corrected chi connectivity index (χ1v) is 21.3.